The Morgan fingerprint density at radius 1 is 1.08 bits per heavy atom. The van der Waals surface area contributed by atoms with Gasteiger partial charge in [0.1, 0.15) is 0 Å². The Balaban J connectivity index is 3.18. The fraction of sp³-hybridized carbons (Fsp3) is 0.842. The third-order valence-corrected chi connectivity index (χ3v) is 5.38. The number of esters is 3. The van der Waals surface area contributed by atoms with Crippen molar-refractivity contribution in [3.63, 3.8) is 0 Å². The fourth-order valence-corrected chi connectivity index (χ4v) is 3.19. The van der Waals surface area contributed by atoms with Gasteiger partial charge in [-0.25, -0.2) is 0 Å². The molecule has 1 aliphatic heterocycles. The summed E-state index contributed by atoms with van der Waals surface area (Å²) in [5.41, 5.74) is -2.50. The molecule has 26 heavy (non-hydrogen) atoms. The van der Waals surface area contributed by atoms with Crippen molar-refractivity contribution in [2.75, 3.05) is 0 Å². The number of ether oxygens (including phenoxy) is 4. The Morgan fingerprint density at radius 2 is 1.54 bits per heavy atom. The van der Waals surface area contributed by atoms with Crippen LogP contribution in [0.3, 0.4) is 0 Å². The SMILES string of the molecule is CCC(=O)OC(C)(C)OC(C)C(C)(CC)C1(C)C(=O)OC(C)(C)OC1=O. The normalized spacial score (nSPS) is 22.7. The van der Waals surface area contributed by atoms with Crippen LogP contribution in [-0.2, 0) is 33.3 Å². The zero-order chi connectivity index (χ0) is 20.6. The molecular formula is C19H32O7. The average Bonchev–Trinajstić information content (AvgIpc) is 2.49. The Morgan fingerprint density at radius 3 is 1.92 bits per heavy atom. The van der Waals surface area contributed by atoms with Crippen LogP contribution in [0.1, 0.15) is 75.2 Å². The summed E-state index contributed by atoms with van der Waals surface area (Å²) in [5.74, 6) is -4.21. The zero-order valence-electron chi connectivity index (χ0n) is 17.3. The molecule has 0 spiro atoms. The molecule has 1 heterocycles. The molecule has 0 aromatic rings. The summed E-state index contributed by atoms with van der Waals surface area (Å²) >= 11 is 0. The molecule has 7 nitrogen and oxygen atoms in total. The average molecular weight is 372 g/mol. The molecule has 7 heteroatoms. The van der Waals surface area contributed by atoms with Crippen LogP contribution >= 0.6 is 0 Å². The number of rotatable bonds is 7. The summed E-state index contributed by atoms with van der Waals surface area (Å²) in [4.78, 5) is 37.2. The molecule has 0 aromatic heterocycles. The van der Waals surface area contributed by atoms with Gasteiger partial charge < -0.3 is 18.9 Å². The number of hydrogen-bond donors (Lipinski definition) is 0. The fourth-order valence-electron chi connectivity index (χ4n) is 3.19. The van der Waals surface area contributed by atoms with Gasteiger partial charge in [-0.05, 0) is 20.3 Å². The number of hydrogen-bond acceptors (Lipinski definition) is 7. The van der Waals surface area contributed by atoms with Crippen LogP contribution in [0.25, 0.3) is 0 Å². The summed E-state index contributed by atoms with van der Waals surface area (Å²) in [6, 6.07) is 0. The van der Waals surface area contributed by atoms with E-state index in [1.807, 2.05) is 6.92 Å². The summed E-state index contributed by atoms with van der Waals surface area (Å²) in [6.07, 6.45) is 0.0450. The quantitative estimate of drug-likeness (QED) is 0.385. The number of cyclic esters (lactones) is 2. The maximum Gasteiger partial charge on any atom is 0.327 e. The first-order valence-corrected chi connectivity index (χ1v) is 9.01. The van der Waals surface area contributed by atoms with Crippen LogP contribution in [0.4, 0.5) is 0 Å². The van der Waals surface area contributed by atoms with E-state index < -0.39 is 46.4 Å². The van der Waals surface area contributed by atoms with Gasteiger partial charge in [-0.3, -0.25) is 14.4 Å². The lowest BCUT2D eigenvalue weighted by Gasteiger charge is -2.50. The van der Waals surface area contributed by atoms with Crippen LogP contribution in [0.5, 0.6) is 0 Å². The Kier molecular flexibility index (Phi) is 6.19. The van der Waals surface area contributed by atoms with Gasteiger partial charge in [-0.1, -0.05) is 20.8 Å². The lowest BCUT2D eigenvalue weighted by atomic mass is 9.60. The first-order valence-electron chi connectivity index (χ1n) is 9.01. The maximum absolute atomic E-state index is 12.8. The van der Waals surface area contributed by atoms with Gasteiger partial charge in [-0.15, -0.1) is 0 Å². The van der Waals surface area contributed by atoms with E-state index in [9.17, 15) is 14.4 Å². The lowest BCUT2D eigenvalue weighted by Crippen LogP contribution is -2.62. The van der Waals surface area contributed by atoms with E-state index in [0.717, 1.165) is 0 Å². The molecule has 0 bridgehead atoms. The topological polar surface area (TPSA) is 88.1 Å². The van der Waals surface area contributed by atoms with E-state index >= 15 is 0 Å². The smallest absolute Gasteiger partial charge is 0.327 e. The van der Waals surface area contributed by atoms with Crippen LogP contribution in [-0.4, -0.2) is 35.6 Å². The number of carbonyl (C=O) groups is 3. The van der Waals surface area contributed by atoms with Crippen molar-refractivity contribution in [1.82, 2.24) is 0 Å². The molecule has 0 aromatic carbocycles. The second-order valence-corrected chi connectivity index (χ2v) is 8.06. The molecule has 1 fully saturated rings. The minimum absolute atomic E-state index is 0.220. The standard InChI is InChI=1S/C19H32O7/c1-10-13(20)24-16(4,5)23-12(3)18(8,11-2)19(9)14(21)25-17(6,7)26-15(19)22/h12H,10-11H2,1-9H3. The van der Waals surface area contributed by atoms with Crippen molar-refractivity contribution in [3.8, 4) is 0 Å². The van der Waals surface area contributed by atoms with E-state index in [1.54, 1.807) is 34.6 Å². The molecule has 0 saturated carbocycles. The van der Waals surface area contributed by atoms with E-state index in [1.165, 1.54) is 20.8 Å². The van der Waals surface area contributed by atoms with Crippen molar-refractivity contribution in [2.45, 2.75) is 92.8 Å². The molecule has 2 atom stereocenters. The Hall–Kier alpha value is -1.63. The minimum Gasteiger partial charge on any atom is -0.434 e. The highest BCUT2D eigenvalue weighted by Crippen LogP contribution is 2.51. The molecule has 0 amide bonds. The molecule has 1 aliphatic rings. The van der Waals surface area contributed by atoms with Crippen molar-refractivity contribution in [2.24, 2.45) is 10.8 Å². The highest BCUT2D eigenvalue weighted by Gasteiger charge is 2.64. The van der Waals surface area contributed by atoms with Crippen molar-refractivity contribution in [1.29, 1.82) is 0 Å². The predicted octanol–water partition coefficient (Wildman–Crippen LogP) is 3.34. The third-order valence-electron chi connectivity index (χ3n) is 5.38. The van der Waals surface area contributed by atoms with Gasteiger partial charge in [0, 0.05) is 39.5 Å². The van der Waals surface area contributed by atoms with Crippen LogP contribution in [0.15, 0.2) is 0 Å². The van der Waals surface area contributed by atoms with Crippen LogP contribution < -0.4 is 0 Å². The van der Waals surface area contributed by atoms with E-state index in [-0.39, 0.29) is 6.42 Å². The largest absolute Gasteiger partial charge is 0.434 e. The Labute approximate surface area is 155 Å². The third kappa shape index (κ3) is 4.03. The molecule has 0 radical (unpaired) electrons. The van der Waals surface area contributed by atoms with Gasteiger partial charge >= 0.3 is 17.9 Å². The Bertz CT molecular complexity index is 558. The first-order chi connectivity index (χ1) is 11.6. The van der Waals surface area contributed by atoms with Gasteiger partial charge in [0.2, 0.25) is 5.79 Å². The highest BCUT2D eigenvalue weighted by molar-refractivity contribution is 6.02. The summed E-state index contributed by atoms with van der Waals surface area (Å²) in [7, 11) is 0. The van der Waals surface area contributed by atoms with E-state index in [0.29, 0.717) is 6.42 Å². The second-order valence-electron chi connectivity index (χ2n) is 8.06. The molecule has 2 unspecified atom stereocenters. The molecule has 0 N–H and O–H groups in total. The predicted molar refractivity (Wildman–Crippen MR) is 93.8 cm³/mol. The first kappa shape index (κ1) is 22.4. The number of carbonyl (C=O) groups excluding carboxylic acids is 3. The van der Waals surface area contributed by atoms with Crippen LogP contribution in [0, 0.1) is 10.8 Å². The summed E-state index contributed by atoms with van der Waals surface area (Å²) < 4.78 is 22.0. The van der Waals surface area contributed by atoms with Crippen LogP contribution in [0.2, 0.25) is 0 Å². The molecule has 1 saturated heterocycles. The van der Waals surface area contributed by atoms with Gasteiger partial charge in [-0.2, -0.15) is 0 Å². The van der Waals surface area contributed by atoms with Crippen molar-refractivity contribution >= 4 is 17.9 Å². The van der Waals surface area contributed by atoms with Gasteiger partial charge in [0.25, 0.3) is 5.79 Å². The van der Waals surface area contributed by atoms with Crippen molar-refractivity contribution < 1.29 is 33.3 Å². The zero-order valence-corrected chi connectivity index (χ0v) is 17.3. The summed E-state index contributed by atoms with van der Waals surface area (Å²) in [6.45, 7) is 14.9. The summed E-state index contributed by atoms with van der Waals surface area (Å²) in [5, 5.41) is 0. The van der Waals surface area contributed by atoms with E-state index in [4.69, 9.17) is 18.9 Å². The lowest BCUT2D eigenvalue weighted by molar-refractivity contribution is -0.281. The molecular weight excluding hydrogens is 340 g/mol. The molecule has 0 aliphatic carbocycles. The highest BCUT2D eigenvalue weighted by atomic mass is 16.7. The minimum atomic E-state index is -1.55. The molecule has 150 valence electrons. The van der Waals surface area contributed by atoms with E-state index in [2.05, 4.69) is 0 Å². The maximum atomic E-state index is 12.8. The second kappa shape index (κ2) is 7.18. The van der Waals surface area contributed by atoms with Gasteiger partial charge in [0.05, 0.1) is 6.10 Å². The van der Waals surface area contributed by atoms with Gasteiger partial charge in [0.15, 0.2) is 5.41 Å². The van der Waals surface area contributed by atoms with Crippen molar-refractivity contribution in [3.05, 3.63) is 0 Å². The monoisotopic (exact) mass is 372 g/mol. The molecule has 1 rings (SSSR count).